The highest BCUT2D eigenvalue weighted by atomic mass is 35.5. The van der Waals surface area contributed by atoms with E-state index in [4.69, 9.17) is 11.6 Å². The van der Waals surface area contributed by atoms with Crippen LogP contribution in [0.4, 0.5) is 10.1 Å². The maximum Gasteiger partial charge on any atom is 0.251 e. The largest absolute Gasteiger partial charge is 0.378 e. The maximum absolute atomic E-state index is 15.2. The second-order valence-electron chi connectivity index (χ2n) is 10.9. The SMILES string of the molecule is Cn1c(CNc2cccc(C(=O)NCc3ccncc3Cl)c2)nnc1C1CC2(CCCCCCC2)NCC1F. The number of pyridine rings is 1. The van der Waals surface area contributed by atoms with Gasteiger partial charge in [-0.2, -0.15) is 0 Å². The molecule has 1 aliphatic heterocycles. The van der Waals surface area contributed by atoms with E-state index in [2.05, 4.69) is 31.1 Å². The molecule has 1 saturated heterocycles. The van der Waals surface area contributed by atoms with Crippen LogP contribution in [0, 0.1) is 0 Å². The van der Waals surface area contributed by atoms with Crippen molar-refractivity contribution in [3.63, 3.8) is 0 Å². The molecule has 208 valence electrons. The van der Waals surface area contributed by atoms with E-state index >= 15 is 4.39 Å². The lowest BCUT2D eigenvalue weighted by Gasteiger charge is -2.44. The van der Waals surface area contributed by atoms with Gasteiger partial charge in [-0.05, 0) is 49.1 Å². The number of carbonyl (C=O) groups excluding carboxylic acids is 1. The van der Waals surface area contributed by atoms with Gasteiger partial charge in [0.2, 0.25) is 0 Å². The predicted octanol–water partition coefficient (Wildman–Crippen LogP) is 5.30. The average molecular weight is 554 g/mol. The Bertz CT molecular complexity index is 1270. The Morgan fingerprint density at radius 1 is 1.15 bits per heavy atom. The fourth-order valence-electron chi connectivity index (χ4n) is 5.92. The van der Waals surface area contributed by atoms with Gasteiger partial charge in [-0.1, -0.05) is 49.8 Å². The van der Waals surface area contributed by atoms with E-state index in [0.717, 1.165) is 36.3 Å². The number of hydrogen-bond acceptors (Lipinski definition) is 6. The molecule has 1 amide bonds. The summed E-state index contributed by atoms with van der Waals surface area (Å²) in [5, 5.41) is 19.2. The monoisotopic (exact) mass is 553 g/mol. The number of hydrogen-bond donors (Lipinski definition) is 3. The minimum Gasteiger partial charge on any atom is -0.378 e. The first-order chi connectivity index (χ1) is 18.9. The fourth-order valence-corrected chi connectivity index (χ4v) is 6.11. The van der Waals surface area contributed by atoms with Crippen LogP contribution >= 0.6 is 11.6 Å². The van der Waals surface area contributed by atoms with Gasteiger partial charge in [0.25, 0.3) is 5.91 Å². The number of amides is 1. The zero-order chi connectivity index (χ0) is 27.2. The summed E-state index contributed by atoms with van der Waals surface area (Å²) in [6, 6.07) is 9.07. The van der Waals surface area contributed by atoms with Crippen molar-refractivity contribution in [2.75, 3.05) is 11.9 Å². The molecule has 1 saturated carbocycles. The van der Waals surface area contributed by atoms with Crippen molar-refractivity contribution < 1.29 is 9.18 Å². The summed E-state index contributed by atoms with van der Waals surface area (Å²) < 4.78 is 17.1. The first-order valence-corrected chi connectivity index (χ1v) is 14.3. The molecule has 2 aromatic heterocycles. The van der Waals surface area contributed by atoms with Crippen molar-refractivity contribution in [2.45, 2.75) is 82.1 Å². The van der Waals surface area contributed by atoms with Crippen LogP contribution in [0.1, 0.15) is 84.9 Å². The van der Waals surface area contributed by atoms with Gasteiger partial charge >= 0.3 is 0 Å². The van der Waals surface area contributed by atoms with Crippen molar-refractivity contribution in [1.29, 1.82) is 0 Å². The third-order valence-corrected chi connectivity index (χ3v) is 8.57. The zero-order valence-corrected chi connectivity index (χ0v) is 23.2. The average Bonchev–Trinajstić information content (AvgIpc) is 3.30. The summed E-state index contributed by atoms with van der Waals surface area (Å²) >= 11 is 6.14. The Morgan fingerprint density at radius 3 is 2.74 bits per heavy atom. The highest BCUT2D eigenvalue weighted by Crippen LogP contribution is 2.40. The smallest absolute Gasteiger partial charge is 0.251 e. The minimum atomic E-state index is -0.984. The van der Waals surface area contributed by atoms with Crippen LogP contribution in [0.5, 0.6) is 0 Å². The first-order valence-electron chi connectivity index (χ1n) is 13.9. The molecule has 3 heterocycles. The summed E-state index contributed by atoms with van der Waals surface area (Å²) in [5.74, 6) is 0.975. The van der Waals surface area contributed by atoms with Crippen LogP contribution in [-0.4, -0.2) is 43.9 Å². The molecular weight excluding hydrogens is 517 g/mol. The van der Waals surface area contributed by atoms with E-state index in [1.54, 1.807) is 30.6 Å². The molecule has 1 aromatic carbocycles. The maximum atomic E-state index is 15.2. The zero-order valence-electron chi connectivity index (χ0n) is 22.4. The first kappa shape index (κ1) is 27.5. The summed E-state index contributed by atoms with van der Waals surface area (Å²) in [4.78, 5) is 16.7. The van der Waals surface area contributed by atoms with Crippen LogP contribution in [0.3, 0.4) is 0 Å². The summed E-state index contributed by atoms with van der Waals surface area (Å²) in [5.41, 5.74) is 2.12. The van der Waals surface area contributed by atoms with Crippen LogP contribution in [-0.2, 0) is 20.1 Å². The Balaban J connectivity index is 1.21. The second-order valence-corrected chi connectivity index (χ2v) is 11.3. The Hall–Kier alpha value is -3.04. The number of alkyl halides is 1. The van der Waals surface area contributed by atoms with Gasteiger partial charge in [-0.15, -0.1) is 10.2 Å². The van der Waals surface area contributed by atoms with E-state index < -0.39 is 6.17 Å². The van der Waals surface area contributed by atoms with E-state index in [-0.39, 0.29) is 17.4 Å². The number of nitrogens with one attached hydrogen (secondary N) is 3. The van der Waals surface area contributed by atoms with Gasteiger partial charge in [0.05, 0.1) is 17.5 Å². The molecular formula is C29H37ClFN7O. The molecule has 0 bridgehead atoms. The molecule has 2 aliphatic rings. The standard InChI is InChI=1S/C29H37ClFN7O/c1-38-26(36-37-27(38)23-15-29(35-18-25(23)31)11-5-3-2-4-6-12-29)19-33-22-9-7-8-20(14-22)28(39)34-16-21-10-13-32-17-24(21)30/h7-10,13-14,17,23,25,33,35H,2-6,11-12,15-16,18-19H2,1H3,(H,34,39). The fraction of sp³-hybridized carbons (Fsp3) is 0.517. The third kappa shape index (κ3) is 6.58. The molecule has 2 unspecified atom stereocenters. The Kier molecular flexibility index (Phi) is 8.77. The number of benzene rings is 1. The predicted molar refractivity (Wildman–Crippen MR) is 150 cm³/mol. The molecule has 5 rings (SSSR count). The molecule has 3 N–H and O–H groups in total. The number of carbonyl (C=O) groups is 1. The number of halogens is 2. The van der Waals surface area contributed by atoms with Crippen molar-refractivity contribution >= 4 is 23.2 Å². The molecule has 1 aliphatic carbocycles. The summed E-state index contributed by atoms with van der Waals surface area (Å²) in [6.45, 7) is 1.09. The Labute approximate surface area is 234 Å². The van der Waals surface area contributed by atoms with Crippen LogP contribution in [0.2, 0.25) is 5.02 Å². The molecule has 2 fully saturated rings. The van der Waals surface area contributed by atoms with Gasteiger partial charge in [0.1, 0.15) is 12.0 Å². The molecule has 2 atom stereocenters. The number of piperidine rings is 1. The number of aromatic nitrogens is 4. The van der Waals surface area contributed by atoms with E-state index in [1.807, 2.05) is 23.7 Å². The van der Waals surface area contributed by atoms with Crippen LogP contribution in [0.15, 0.2) is 42.7 Å². The number of anilines is 1. The molecule has 1 spiro atoms. The summed E-state index contributed by atoms with van der Waals surface area (Å²) in [6.07, 6.45) is 11.4. The van der Waals surface area contributed by atoms with Gasteiger partial charge in [0, 0.05) is 49.3 Å². The van der Waals surface area contributed by atoms with Gasteiger partial charge in [-0.25, -0.2) is 4.39 Å². The summed E-state index contributed by atoms with van der Waals surface area (Å²) in [7, 11) is 1.92. The lowest BCUT2D eigenvalue weighted by molar-refractivity contribution is 0.0951. The van der Waals surface area contributed by atoms with Gasteiger partial charge in [-0.3, -0.25) is 9.78 Å². The number of rotatable bonds is 7. The van der Waals surface area contributed by atoms with E-state index in [0.29, 0.717) is 36.0 Å². The van der Waals surface area contributed by atoms with Gasteiger partial charge < -0.3 is 20.5 Å². The number of nitrogens with zero attached hydrogens (tertiary/aromatic N) is 4. The van der Waals surface area contributed by atoms with Crippen LogP contribution < -0.4 is 16.0 Å². The lowest BCUT2D eigenvalue weighted by atomic mass is 9.73. The van der Waals surface area contributed by atoms with Crippen LogP contribution in [0.25, 0.3) is 0 Å². The van der Waals surface area contributed by atoms with Crippen molar-refractivity contribution in [3.8, 4) is 0 Å². The normalized spacial score (nSPS) is 21.2. The quantitative estimate of drug-likeness (QED) is 0.367. The topological polar surface area (TPSA) is 96.8 Å². The Morgan fingerprint density at radius 2 is 1.95 bits per heavy atom. The molecule has 10 heteroatoms. The molecule has 0 radical (unpaired) electrons. The lowest BCUT2D eigenvalue weighted by Crippen LogP contribution is -2.55. The van der Waals surface area contributed by atoms with Gasteiger partial charge in [0.15, 0.2) is 5.82 Å². The highest BCUT2D eigenvalue weighted by Gasteiger charge is 2.43. The molecule has 8 nitrogen and oxygen atoms in total. The van der Waals surface area contributed by atoms with E-state index in [1.165, 1.54) is 32.1 Å². The van der Waals surface area contributed by atoms with Crippen molar-refractivity contribution in [1.82, 2.24) is 30.4 Å². The van der Waals surface area contributed by atoms with E-state index in [9.17, 15) is 4.79 Å². The second kappa shape index (κ2) is 12.4. The third-order valence-electron chi connectivity index (χ3n) is 8.23. The molecule has 3 aromatic rings. The highest BCUT2D eigenvalue weighted by molar-refractivity contribution is 6.31. The van der Waals surface area contributed by atoms with Crippen molar-refractivity contribution in [2.24, 2.45) is 7.05 Å². The van der Waals surface area contributed by atoms with Crippen molar-refractivity contribution in [3.05, 3.63) is 70.5 Å². The minimum absolute atomic E-state index is 0.00177. The molecule has 39 heavy (non-hydrogen) atoms.